The summed E-state index contributed by atoms with van der Waals surface area (Å²) in [6.45, 7) is 1.62. The Morgan fingerprint density at radius 1 is 1.19 bits per heavy atom. The van der Waals surface area contributed by atoms with Crippen molar-refractivity contribution in [2.24, 2.45) is 0 Å². The molecule has 0 aliphatic carbocycles. The number of halogens is 4. The Bertz CT molecular complexity index is 1410. The fourth-order valence-electron chi connectivity index (χ4n) is 3.61. The number of fused-ring (bicyclic) bond motifs is 1. The molecule has 1 fully saturated rings. The first kappa shape index (κ1) is 25.6. The van der Waals surface area contributed by atoms with Gasteiger partial charge in [-0.05, 0) is 26.7 Å². The number of imidazole rings is 1. The lowest BCUT2D eigenvalue weighted by atomic mass is 9.95. The molecule has 0 aromatic carbocycles. The first-order valence-corrected chi connectivity index (χ1v) is 12.5. The lowest BCUT2D eigenvalue weighted by Crippen LogP contribution is -2.51. The summed E-state index contributed by atoms with van der Waals surface area (Å²) in [5, 5.41) is 2.78. The zero-order valence-electron chi connectivity index (χ0n) is 19.1. The van der Waals surface area contributed by atoms with Crippen molar-refractivity contribution in [3.63, 3.8) is 0 Å². The number of hydrogen-bond acceptors (Lipinski definition) is 8. The van der Waals surface area contributed by atoms with E-state index in [0.29, 0.717) is 0 Å². The molecule has 1 amide bonds. The van der Waals surface area contributed by atoms with Crippen LogP contribution in [0.5, 0.6) is 17.5 Å². The summed E-state index contributed by atoms with van der Waals surface area (Å²) in [5.74, 6) is -2.66. The van der Waals surface area contributed by atoms with Crippen molar-refractivity contribution in [3.8, 4) is 17.5 Å². The van der Waals surface area contributed by atoms with E-state index >= 15 is 0 Å². The Labute approximate surface area is 202 Å². The van der Waals surface area contributed by atoms with Crippen LogP contribution < -0.4 is 14.8 Å². The van der Waals surface area contributed by atoms with Crippen LogP contribution in [-0.2, 0) is 9.84 Å². The van der Waals surface area contributed by atoms with Gasteiger partial charge in [0, 0.05) is 30.2 Å². The van der Waals surface area contributed by atoms with Crippen LogP contribution in [0.3, 0.4) is 0 Å². The minimum Gasteiger partial charge on any atom is -0.464 e. The fourth-order valence-corrected chi connectivity index (χ4v) is 5.33. The largest absolute Gasteiger partial charge is 0.464 e. The summed E-state index contributed by atoms with van der Waals surface area (Å²) < 4.78 is 87.2. The van der Waals surface area contributed by atoms with E-state index in [1.54, 1.807) is 6.92 Å². The lowest BCUT2D eigenvalue weighted by molar-refractivity contribution is -0.154. The molecule has 3 aromatic rings. The van der Waals surface area contributed by atoms with Crippen LogP contribution in [0.1, 0.15) is 35.9 Å². The SMILES string of the molecule is Cc1c(Oc2nccnc2OCC(F)(F)F)cc(F)c2nc(C(=O)NC3(C)CCS(=O)(=O)CC3)cn12. The predicted octanol–water partition coefficient (Wildman–Crippen LogP) is 3.00. The van der Waals surface area contributed by atoms with E-state index in [4.69, 9.17) is 4.74 Å². The van der Waals surface area contributed by atoms with E-state index in [1.807, 2.05) is 0 Å². The molecule has 15 heteroatoms. The number of rotatable bonds is 6. The van der Waals surface area contributed by atoms with Crippen LogP contribution in [0.15, 0.2) is 24.7 Å². The highest BCUT2D eigenvalue weighted by atomic mass is 32.2. The number of carbonyl (C=O) groups is 1. The second-order valence-corrected chi connectivity index (χ2v) is 10.9. The molecule has 0 radical (unpaired) electrons. The maximum atomic E-state index is 14.9. The number of aromatic nitrogens is 4. The second-order valence-electron chi connectivity index (χ2n) is 8.60. The molecule has 4 heterocycles. The van der Waals surface area contributed by atoms with E-state index in [-0.39, 0.29) is 47.1 Å². The molecule has 1 aliphatic heterocycles. The van der Waals surface area contributed by atoms with Gasteiger partial charge in [-0.25, -0.2) is 27.8 Å². The molecule has 10 nitrogen and oxygen atoms in total. The summed E-state index contributed by atoms with van der Waals surface area (Å²) in [6.07, 6.45) is -0.606. The predicted molar refractivity (Wildman–Crippen MR) is 117 cm³/mol. The molecule has 4 rings (SSSR count). The monoisotopic (exact) mass is 531 g/mol. The van der Waals surface area contributed by atoms with Gasteiger partial charge >= 0.3 is 6.18 Å². The molecule has 1 saturated heterocycles. The van der Waals surface area contributed by atoms with Crippen LogP contribution in [0.2, 0.25) is 0 Å². The van der Waals surface area contributed by atoms with E-state index in [9.17, 15) is 30.8 Å². The standard InChI is InChI=1S/C21H21F4N5O5S/c1-12-15(35-19-18(26-5-6-27-19)34-11-21(23,24)25)9-13(22)16-28-14(10-30(12)16)17(31)29-20(2)3-7-36(32,33)8-4-20/h5-6,9-10H,3-4,7-8,11H2,1-2H3,(H,29,31). The highest BCUT2D eigenvalue weighted by molar-refractivity contribution is 7.91. The average Bonchev–Trinajstić information content (AvgIpc) is 3.25. The van der Waals surface area contributed by atoms with Crippen LogP contribution in [-0.4, -0.2) is 63.5 Å². The Morgan fingerprint density at radius 3 is 2.47 bits per heavy atom. The van der Waals surface area contributed by atoms with Gasteiger partial charge in [0.2, 0.25) is 0 Å². The molecule has 0 saturated carbocycles. The highest BCUT2D eigenvalue weighted by Gasteiger charge is 2.35. The fraction of sp³-hybridized carbons (Fsp3) is 0.429. The van der Waals surface area contributed by atoms with E-state index < -0.39 is 51.6 Å². The van der Waals surface area contributed by atoms with Crippen molar-refractivity contribution in [2.75, 3.05) is 18.1 Å². The minimum absolute atomic E-state index is 0.0551. The van der Waals surface area contributed by atoms with Crippen molar-refractivity contribution < 1.29 is 40.2 Å². The first-order valence-electron chi connectivity index (χ1n) is 10.6. The number of nitrogens with one attached hydrogen (secondary N) is 1. The first-order chi connectivity index (χ1) is 16.8. The van der Waals surface area contributed by atoms with E-state index in [0.717, 1.165) is 18.5 Å². The molecule has 0 unspecified atom stereocenters. The number of ether oxygens (including phenoxy) is 2. The molecule has 1 N–H and O–H groups in total. The number of carbonyl (C=O) groups excluding carboxylic acids is 1. The van der Waals surface area contributed by atoms with Crippen molar-refractivity contribution in [1.82, 2.24) is 24.7 Å². The maximum absolute atomic E-state index is 14.9. The third-order valence-corrected chi connectivity index (χ3v) is 7.34. The Balaban J connectivity index is 1.59. The van der Waals surface area contributed by atoms with Gasteiger partial charge in [-0.3, -0.25) is 9.20 Å². The second kappa shape index (κ2) is 9.19. The molecule has 0 atom stereocenters. The summed E-state index contributed by atoms with van der Waals surface area (Å²) in [7, 11) is -3.14. The molecule has 1 aliphatic rings. The minimum atomic E-state index is -4.62. The summed E-state index contributed by atoms with van der Waals surface area (Å²) in [6, 6.07) is 0.953. The van der Waals surface area contributed by atoms with Crippen LogP contribution >= 0.6 is 0 Å². The number of alkyl halides is 3. The lowest BCUT2D eigenvalue weighted by Gasteiger charge is -2.34. The summed E-state index contributed by atoms with van der Waals surface area (Å²) in [4.78, 5) is 24.4. The zero-order chi connectivity index (χ0) is 26.3. The van der Waals surface area contributed by atoms with Crippen LogP contribution in [0, 0.1) is 12.7 Å². The van der Waals surface area contributed by atoms with Crippen molar-refractivity contribution in [2.45, 2.75) is 38.4 Å². The molecule has 194 valence electrons. The number of pyridine rings is 1. The van der Waals surface area contributed by atoms with Crippen molar-refractivity contribution >= 4 is 21.4 Å². The average molecular weight is 531 g/mol. The van der Waals surface area contributed by atoms with Gasteiger partial charge in [-0.2, -0.15) is 13.2 Å². The van der Waals surface area contributed by atoms with Gasteiger partial charge in [0.15, 0.2) is 23.8 Å². The smallest absolute Gasteiger partial charge is 0.422 e. The number of amides is 1. The van der Waals surface area contributed by atoms with Gasteiger partial charge in [0.1, 0.15) is 15.5 Å². The Hall–Kier alpha value is -3.49. The van der Waals surface area contributed by atoms with Crippen LogP contribution in [0.25, 0.3) is 5.65 Å². The zero-order valence-corrected chi connectivity index (χ0v) is 19.9. The van der Waals surface area contributed by atoms with Crippen LogP contribution in [0.4, 0.5) is 17.6 Å². The van der Waals surface area contributed by atoms with Crippen molar-refractivity contribution in [1.29, 1.82) is 0 Å². The Morgan fingerprint density at radius 2 is 1.83 bits per heavy atom. The maximum Gasteiger partial charge on any atom is 0.422 e. The number of hydrogen-bond donors (Lipinski definition) is 1. The summed E-state index contributed by atoms with van der Waals surface area (Å²) in [5.41, 5.74) is -0.800. The third-order valence-electron chi connectivity index (χ3n) is 5.69. The van der Waals surface area contributed by atoms with Gasteiger partial charge < -0.3 is 14.8 Å². The molecular weight excluding hydrogens is 510 g/mol. The quantitative estimate of drug-likeness (QED) is 0.482. The number of aryl methyl sites for hydroxylation is 1. The highest BCUT2D eigenvalue weighted by Crippen LogP contribution is 2.32. The summed E-state index contributed by atoms with van der Waals surface area (Å²) >= 11 is 0. The van der Waals surface area contributed by atoms with Gasteiger partial charge in [0.25, 0.3) is 17.7 Å². The molecular formula is C21H21F4N5O5S. The molecule has 0 bridgehead atoms. The van der Waals surface area contributed by atoms with Crippen molar-refractivity contribution in [3.05, 3.63) is 41.9 Å². The van der Waals surface area contributed by atoms with E-state index in [2.05, 4.69) is 25.0 Å². The molecule has 36 heavy (non-hydrogen) atoms. The molecule has 0 spiro atoms. The normalized spacial score (nSPS) is 17.1. The number of nitrogens with zero attached hydrogens (tertiary/aromatic N) is 4. The van der Waals surface area contributed by atoms with Gasteiger partial charge in [0.05, 0.1) is 17.2 Å². The Kier molecular flexibility index (Phi) is 6.53. The van der Waals surface area contributed by atoms with E-state index in [1.165, 1.54) is 17.5 Å². The third kappa shape index (κ3) is 5.66. The number of sulfone groups is 1. The molecule has 3 aromatic heterocycles. The van der Waals surface area contributed by atoms with Gasteiger partial charge in [-0.15, -0.1) is 0 Å². The topological polar surface area (TPSA) is 125 Å². The van der Waals surface area contributed by atoms with Gasteiger partial charge in [-0.1, -0.05) is 0 Å².